The lowest BCUT2D eigenvalue weighted by Crippen LogP contribution is -2.48. The number of halogens is 4. The fourth-order valence-corrected chi connectivity index (χ4v) is 4.24. The third-order valence-corrected chi connectivity index (χ3v) is 5.72. The van der Waals surface area contributed by atoms with Gasteiger partial charge in [-0.3, -0.25) is 4.68 Å². The second-order valence-corrected chi connectivity index (χ2v) is 7.82. The average Bonchev–Trinajstić information content (AvgIpc) is 3.04. The van der Waals surface area contributed by atoms with Crippen molar-refractivity contribution in [3.8, 4) is 17.0 Å². The summed E-state index contributed by atoms with van der Waals surface area (Å²) in [6.45, 7) is 2.66. The van der Waals surface area contributed by atoms with E-state index in [0.717, 1.165) is 25.2 Å². The first-order valence-electron chi connectivity index (χ1n) is 9.13. The molecule has 3 fully saturated rings. The molecule has 27 heavy (non-hydrogen) atoms. The van der Waals surface area contributed by atoms with Gasteiger partial charge in [-0.15, -0.1) is 5.10 Å². The maximum Gasteiger partial charge on any atom is 0.422 e. The number of rotatable bonds is 5. The number of hydrogen-bond donors (Lipinski definition) is 0. The van der Waals surface area contributed by atoms with Crippen molar-refractivity contribution in [2.24, 2.45) is 11.8 Å². The van der Waals surface area contributed by atoms with Crippen LogP contribution in [-0.2, 0) is 6.54 Å². The Labute approximate surface area is 160 Å². The number of fused-ring (bicyclic) bond motifs is 3. The Morgan fingerprint density at radius 1 is 1.15 bits per heavy atom. The summed E-state index contributed by atoms with van der Waals surface area (Å²) >= 11 is 5.92. The minimum absolute atomic E-state index is 0.0101. The van der Waals surface area contributed by atoms with Crippen LogP contribution >= 0.6 is 11.6 Å². The SMILES string of the molecule is FC(F)(F)COc1nn(CC2CN3CCC2CC3)cc1-c1ccc(Cl)cc1. The molecule has 1 atom stereocenters. The van der Waals surface area contributed by atoms with Crippen molar-refractivity contribution in [2.45, 2.75) is 25.6 Å². The first-order valence-corrected chi connectivity index (χ1v) is 9.50. The summed E-state index contributed by atoms with van der Waals surface area (Å²) in [5.74, 6) is 1.15. The van der Waals surface area contributed by atoms with Crippen LogP contribution in [0.5, 0.6) is 5.88 Å². The highest BCUT2D eigenvalue weighted by Gasteiger charge is 2.35. The molecule has 5 rings (SSSR count). The van der Waals surface area contributed by atoms with Gasteiger partial charge in [0.05, 0.1) is 5.56 Å². The minimum atomic E-state index is -4.41. The maximum atomic E-state index is 12.6. The molecule has 4 heterocycles. The molecular weight excluding hydrogens is 379 g/mol. The average molecular weight is 400 g/mol. The van der Waals surface area contributed by atoms with Gasteiger partial charge < -0.3 is 9.64 Å². The summed E-state index contributed by atoms with van der Waals surface area (Å²) < 4.78 is 44.6. The van der Waals surface area contributed by atoms with Crippen molar-refractivity contribution in [3.63, 3.8) is 0 Å². The van der Waals surface area contributed by atoms with Gasteiger partial charge >= 0.3 is 6.18 Å². The first-order chi connectivity index (χ1) is 12.9. The zero-order valence-electron chi connectivity index (χ0n) is 14.8. The highest BCUT2D eigenvalue weighted by atomic mass is 35.5. The molecule has 146 valence electrons. The predicted molar refractivity (Wildman–Crippen MR) is 96.9 cm³/mol. The Kier molecular flexibility index (Phi) is 5.07. The van der Waals surface area contributed by atoms with Crippen LogP contribution in [0.25, 0.3) is 11.1 Å². The van der Waals surface area contributed by atoms with Gasteiger partial charge in [0.1, 0.15) is 0 Å². The molecule has 0 amide bonds. The number of benzene rings is 1. The van der Waals surface area contributed by atoms with E-state index in [1.54, 1.807) is 35.1 Å². The molecule has 3 aliphatic rings. The molecule has 1 unspecified atom stereocenters. The molecule has 1 aromatic carbocycles. The maximum absolute atomic E-state index is 12.6. The second kappa shape index (κ2) is 7.36. The van der Waals surface area contributed by atoms with Crippen molar-refractivity contribution >= 4 is 11.6 Å². The van der Waals surface area contributed by atoms with Crippen molar-refractivity contribution in [1.82, 2.24) is 14.7 Å². The molecule has 8 heteroatoms. The van der Waals surface area contributed by atoms with E-state index >= 15 is 0 Å². The standard InChI is InChI=1S/C19H21ClF3N3O/c20-16-3-1-14(2-4-16)17-11-26(24-18(17)27-12-19(21,22)23)10-15-9-25-7-5-13(15)6-8-25/h1-4,11,13,15H,5-10,12H2. The summed E-state index contributed by atoms with van der Waals surface area (Å²) in [7, 11) is 0. The molecular formula is C19H21ClF3N3O. The van der Waals surface area contributed by atoms with Crippen LogP contribution in [0.1, 0.15) is 12.8 Å². The van der Waals surface area contributed by atoms with E-state index in [1.807, 2.05) is 0 Å². The van der Waals surface area contributed by atoms with Crippen molar-refractivity contribution in [1.29, 1.82) is 0 Å². The number of piperidine rings is 3. The molecule has 0 N–H and O–H groups in total. The van der Waals surface area contributed by atoms with E-state index in [9.17, 15) is 13.2 Å². The Balaban J connectivity index is 1.57. The van der Waals surface area contributed by atoms with E-state index in [1.165, 1.54) is 12.8 Å². The largest absolute Gasteiger partial charge is 0.467 e. The summed E-state index contributed by atoms with van der Waals surface area (Å²) in [4.78, 5) is 2.45. The van der Waals surface area contributed by atoms with E-state index in [2.05, 4.69) is 10.00 Å². The molecule has 3 saturated heterocycles. The highest BCUT2D eigenvalue weighted by molar-refractivity contribution is 6.30. The quantitative estimate of drug-likeness (QED) is 0.742. The molecule has 0 spiro atoms. The summed E-state index contributed by atoms with van der Waals surface area (Å²) in [6, 6.07) is 6.93. The molecule has 3 aliphatic heterocycles. The number of hydrogen-bond acceptors (Lipinski definition) is 3. The summed E-state index contributed by atoms with van der Waals surface area (Å²) in [5, 5.41) is 4.90. The first kappa shape index (κ1) is 18.6. The Morgan fingerprint density at radius 3 is 2.44 bits per heavy atom. The van der Waals surface area contributed by atoms with Gasteiger partial charge in [-0.05, 0) is 55.5 Å². The van der Waals surface area contributed by atoms with Crippen LogP contribution in [0.3, 0.4) is 0 Å². The van der Waals surface area contributed by atoms with Gasteiger partial charge in [-0.2, -0.15) is 13.2 Å². The minimum Gasteiger partial charge on any atom is -0.467 e. The molecule has 2 aromatic rings. The third-order valence-electron chi connectivity index (χ3n) is 5.47. The smallest absolute Gasteiger partial charge is 0.422 e. The zero-order valence-corrected chi connectivity index (χ0v) is 15.5. The van der Waals surface area contributed by atoms with Gasteiger partial charge in [-0.25, -0.2) is 0 Å². The topological polar surface area (TPSA) is 30.3 Å². The Morgan fingerprint density at radius 2 is 1.85 bits per heavy atom. The van der Waals surface area contributed by atoms with E-state index in [4.69, 9.17) is 16.3 Å². The number of nitrogens with zero attached hydrogens (tertiary/aromatic N) is 3. The fraction of sp³-hybridized carbons (Fsp3) is 0.526. The third kappa shape index (κ3) is 4.41. The number of ether oxygens (including phenoxy) is 1. The summed E-state index contributed by atoms with van der Waals surface area (Å²) in [6.07, 6.45) is -0.246. The molecule has 1 aromatic heterocycles. The zero-order chi connectivity index (χ0) is 19.0. The summed E-state index contributed by atoms with van der Waals surface area (Å²) in [5.41, 5.74) is 1.29. The van der Waals surface area contributed by atoms with E-state index in [-0.39, 0.29) is 5.88 Å². The van der Waals surface area contributed by atoms with Gasteiger partial charge in [0, 0.05) is 24.3 Å². The van der Waals surface area contributed by atoms with Crippen molar-refractivity contribution in [3.05, 3.63) is 35.5 Å². The van der Waals surface area contributed by atoms with Crippen LogP contribution in [0.2, 0.25) is 5.02 Å². The lowest BCUT2D eigenvalue weighted by molar-refractivity contribution is -0.154. The predicted octanol–water partition coefficient (Wildman–Crippen LogP) is 4.49. The Bertz CT molecular complexity index is 782. The molecule has 0 radical (unpaired) electrons. The molecule has 2 bridgehead atoms. The van der Waals surface area contributed by atoms with Crippen LogP contribution in [0.4, 0.5) is 13.2 Å². The molecule has 0 aliphatic carbocycles. The normalized spacial score (nSPS) is 25.0. The van der Waals surface area contributed by atoms with Crippen LogP contribution in [0, 0.1) is 11.8 Å². The van der Waals surface area contributed by atoms with Crippen molar-refractivity contribution in [2.75, 3.05) is 26.2 Å². The fourth-order valence-electron chi connectivity index (χ4n) is 4.12. The number of alkyl halides is 3. The van der Waals surface area contributed by atoms with Gasteiger partial charge in [0.15, 0.2) is 6.61 Å². The van der Waals surface area contributed by atoms with Crippen molar-refractivity contribution < 1.29 is 17.9 Å². The lowest BCUT2D eigenvalue weighted by Gasteiger charge is -2.44. The number of aromatic nitrogens is 2. The highest BCUT2D eigenvalue weighted by Crippen LogP contribution is 2.35. The van der Waals surface area contributed by atoms with E-state index in [0.29, 0.717) is 29.0 Å². The lowest BCUT2D eigenvalue weighted by atomic mass is 9.79. The van der Waals surface area contributed by atoms with Crippen LogP contribution < -0.4 is 4.74 Å². The van der Waals surface area contributed by atoms with Gasteiger partial charge in [0.25, 0.3) is 0 Å². The van der Waals surface area contributed by atoms with E-state index < -0.39 is 12.8 Å². The van der Waals surface area contributed by atoms with Crippen LogP contribution in [0.15, 0.2) is 30.5 Å². The molecule has 0 saturated carbocycles. The monoisotopic (exact) mass is 399 g/mol. The second-order valence-electron chi connectivity index (χ2n) is 7.38. The van der Waals surface area contributed by atoms with Gasteiger partial charge in [0.2, 0.25) is 5.88 Å². The Hall–Kier alpha value is -1.73. The van der Waals surface area contributed by atoms with Crippen LogP contribution in [-0.4, -0.2) is 47.1 Å². The van der Waals surface area contributed by atoms with Gasteiger partial charge in [-0.1, -0.05) is 23.7 Å². The molecule has 4 nitrogen and oxygen atoms in total.